The van der Waals surface area contributed by atoms with Gasteiger partial charge in [-0.05, 0) is 40.9 Å². The van der Waals surface area contributed by atoms with Crippen LogP contribution in [-0.4, -0.2) is 29.9 Å². The number of rotatable bonds is 3. The second-order valence-electron chi connectivity index (χ2n) is 4.62. The fourth-order valence-corrected chi connectivity index (χ4v) is 2.55. The molecule has 102 valence electrons. The van der Waals surface area contributed by atoms with Gasteiger partial charge in [0.15, 0.2) is 10.4 Å². The molecule has 1 fully saturated rings. The van der Waals surface area contributed by atoms with Crippen molar-refractivity contribution in [1.29, 1.82) is 0 Å². The molecule has 1 saturated heterocycles. The minimum absolute atomic E-state index is 0.271. The molecule has 3 heterocycles. The van der Waals surface area contributed by atoms with E-state index in [9.17, 15) is 0 Å². The van der Waals surface area contributed by atoms with Gasteiger partial charge in [-0.25, -0.2) is 0 Å². The van der Waals surface area contributed by atoms with Gasteiger partial charge in [-0.2, -0.15) is 4.98 Å². The molecule has 1 aliphatic heterocycles. The third-order valence-electron chi connectivity index (χ3n) is 3.51. The Kier molecular flexibility index (Phi) is 3.42. The summed E-state index contributed by atoms with van der Waals surface area (Å²) in [6, 6.07) is 3.58. The average Bonchev–Trinajstić information content (AvgIpc) is 3.08. The van der Waals surface area contributed by atoms with Crippen molar-refractivity contribution >= 4 is 15.9 Å². The van der Waals surface area contributed by atoms with Crippen molar-refractivity contribution in [3.63, 3.8) is 0 Å². The van der Waals surface area contributed by atoms with E-state index in [1.54, 1.807) is 12.1 Å². The fourth-order valence-electron chi connectivity index (χ4n) is 2.24. The lowest BCUT2D eigenvalue weighted by Crippen LogP contribution is -2.40. The third-order valence-corrected chi connectivity index (χ3v) is 3.94. The maximum absolute atomic E-state index is 5.91. The number of nitrogens with two attached hydrogens (primary N) is 1. The van der Waals surface area contributed by atoms with E-state index in [1.807, 2.05) is 0 Å². The van der Waals surface area contributed by atoms with Gasteiger partial charge in [0.1, 0.15) is 0 Å². The molecule has 1 aliphatic rings. The van der Waals surface area contributed by atoms with E-state index in [4.69, 9.17) is 19.4 Å². The number of halogens is 1. The number of aromatic nitrogens is 2. The summed E-state index contributed by atoms with van der Waals surface area (Å²) in [4.78, 5) is 4.43. The first-order chi connectivity index (χ1) is 9.23. The highest BCUT2D eigenvalue weighted by Crippen LogP contribution is 2.34. The van der Waals surface area contributed by atoms with Gasteiger partial charge >= 0.3 is 0 Å². The quantitative estimate of drug-likeness (QED) is 0.928. The Bertz CT molecular complexity index is 560. The van der Waals surface area contributed by atoms with Gasteiger partial charge in [0.25, 0.3) is 0 Å². The summed E-state index contributed by atoms with van der Waals surface area (Å²) in [5.74, 6) is 1.59. The zero-order valence-electron chi connectivity index (χ0n) is 10.3. The first-order valence-corrected chi connectivity index (χ1v) is 6.90. The summed E-state index contributed by atoms with van der Waals surface area (Å²) in [6.07, 6.45) is 1.60. The minimum Gasteiger partial charge on any atom is -0.446 e. The van der Waals surface area contributed by atoms with Crippen molar-refractivity contribution in [1.82, 2.24) is 10.1 Å². The average molecular weight is 328 g/mol. The lowest BCUT2D eigenvalue weighted by atomic mass is 9.80. The monoisotopic (exact) mass is 327 g/mol. The molecule has 0 atom stereocenters. The second kappa shape index (κ2) is 5.07. The van der Waals surface area contributed by atoms with Crippen LogP contribution in [0.5, 0.6) is 0 Å². The smallest absolute Gasteiger partial charge is 0.238 e. The Hall–Kier alpha value is -1.18. The van der Waals surface area contributed by atoms with Crippen LogP contribution in [0.2, 0.25) is 0 Å². The van der Waals surface area contributed by atoms with Gasteiger partial charge in [0.2, 0.25) is 11.7 Å². The van der Waals surface area contributed by atoms with E-state index < -0.39 is 0 Å². The van der Waals surface area contributed by atoms with Crippen LogP contribution in [0.25, 0.3) is 11.6 Å². The lowest BCUT2D eigenvalue weighted by molar-refractivity contribution is 0.0409. The summed E-state index contributed by atoms with van der Waals surface area (Å²) in [5, 5.41) is 3.97. The molecule has 6 nitrogen and oxygen atoms in total. The fraction of sp³-hybridized carbons (Fsp3) is 0.500. The molecule has 0 radical (unpaired) electrons. The van der Waals surface area contributed by atoms with Crippen molar-refractivity contribution in [3.8, 4) is 11.6 Å². The number of ether oxygens (including phenoxy) is 1. The van der Waals surface area contributed by atoms with Crippen LogP contribution in [0, 0.1) is 0 Å². The summed E-state index contributed by atoms with van der Waals surface area (Å²) < 4.78 is 16.8. The van der Waals surface area contributed by atoms with Crippen LogP contribution < -0.4 is 5.73 Å². The number of nitrogens with zero attached hydrogens (tertiary/aromatic N) is 2. The van der Waals surface area contributed by atoms with Gasteiger partial charge in [-0.3, -0.25) is 0 Å². The molecule has 19 heavy (non-hydrogen) atoms. The normalized spacial score (nSPS) is 18.6. The number of furan rings is 1. The number of hydrogen-bond donors (Lipinski definition) is 1. The molecule has 0 aliphatic carbocycles. The molecule has 0 spiro atoms. The Balaban J connectivity index is 1.91. The molecular formula is C12H14BrN3O3. The summed E-state index contributed by atoms with van der Waals surface area (Å²) >= 11 is 3.25. The van der Waals surface area contributed by atoms with Crippen LogP contribution in [0.4, 0.5) is 0 Å². The Morgan fingerprint density at radius 2 is 2.11 bits per heavy atom. The zero-order valence-corrected chi connectivity index (χ0v) is 11.9. The summed E-state index contributed by atoms with van der Waals surface area (Å²) in [5.41, 5.74) is 5.64. The highest BCUT2D eigenvalue weighted by Gasteiger charge is 2.38. The van der Waals surface area contributed by atoms with Gasteiger partial charge in [0.05, 0.1) is 5.41 Å². The van der Waals surface area contributed by atoms with E-state index in [0.717, 1.165) is 12.8 Å². The van der Waals surface area contributed by atoms with Crippen molar-refractivity contribution in [3.05, 3.63) is 22.7 Å². The zero-order chi connectivity index (χ0) is 13.3. The number of hydrogen-bond acceptors (Lipinski definition) is 6. The molecule has 2 aromatic heterocycles. The van der Waals surface area contributed by atoms with Gasteiger partial charge < -0.3 is 19.4 Å². The molecule has 3 rings (SSSR count). The van der Waals surface area contributed by atoms with Crippen molar-refractivity contribution < 1.29 is 13.7 Å². The Morgan fingerprint density at radius 3 is 2.74 bits per heavy atom. The Labute approximate surface area is 118 Å². The summed E-state index contributed by atoms with van der Waals surface area (Å²) in [6.45, 7) is 1.81. The van der Waals surface area contributed by atoms with E-state index in [0.29, 0.717) is 41.9 Å². The minimum atomic E-state index is -0.271. The molecule has 0 amide bonds. The van der Waals surface area contributed by atoms with Gasteiger partial charge in [0, 0.05) is 19.8 Å². The van der Waals surface area contributed by atoms with E-state index in [1.165, 1.54) is 0 Å². The molecule has 0 bridgehead atoms. The topological polar surface area (TPSA) is 87.3 Å². The van der Waals surface area contributed by atoms with E-state index >= 15 is 0 Å². The van der Waals surface area contributed by atoms with E-state index in [-0.39, 0.29) is 5.41 Å². The standard InChI is InChI=1S/C12H14BrN3O3/c13-9-2-1-8(18-9)10-15-11(19-16-10)12(7-14)3-5-17-6-4-12/h1-2H,3-7,14H2. The van der Waals surface area contributed by atoms with Crippen molar-refractivity contribution in [2.24, 2.45) is 5.73 Å². The molecule has 0 aromatic carbocycles. The first-order valence-electron chi connectivity index (χ1n) is 6.11. The largest absolute Gasteiger partial charge is 0.446 e. The lowest BCUT2D eigenvalue weighted by Gasteiger charge is -2.32. The highest BCUT2D eigenvalue weighted by atomic mass is 79.9. The SMILES string of the molecule is NCC1(c2nc(-c3ccc(Br)o3)no2)CCOCC1. The first kappa shape index (κ1) is 12.8. The molecule has 2 aromatic rings. The van der Waals surface area contributed by atoms with Crippen LogP contribution >= 0.6 is 15.9 Å². The molecule has 7 heteroatoms. The van der Waals surface area contributed by atoms with Gasteiger partial charge in [-0.15, -0.1) is 0 Å². The third kappa shape index (κ3) is 2.33. The highest BCUT2D eigenvalue weighted by molar-refractivity contribution is 9.10. The van der Waals surface area contributed by atoms with Crippen molar-refractivity contribution in [2.45, 2.75) is 18.3 Å². The van der Waals surface area contributed by atoms with Gasteiger partial charge in [-0.1, -0.05) is 5.16 Å². The molecule has 2 N–H and O–H groups in total. The van der Waals surface area contributed by atoms with E-state index in [2.05, 4.69) is 26.1 Å². The van der Waals surface area contributed by atoms with Crippen LogP contribution in [-0.2, 0) is 10.2 Å². The Morgan fingerprint density at radius 1 is 1.32 bits per heavy atom. The summed E-state index contributed by atoms with van der Waals surface area (Å²) in [7, 11) is 0. The van der Waals surface area contributed by atoms with Crippen LogP contribution in [0.3, 0.4) is 0 Å². The maximum atomic E-state index is 5.91. The van der Waals surface area contributed by atoms with Crippen molar-refractivity contribution in [2.75, 3.05) is 19.8 Å². The maximum Gasteiger partial charge on any atom is 0.238 e. The van der Waals surface area contributed by atoms with Crippen LogP contribution in [0.15, 0.2) is 25.7 Å². The molecular weight excluding hydrogens is 314 g/mol. The second-order valence-corrected chi connectivity index (χ2v) is 5.41. The molecule has 0 unspecified atom stereocenters. The predicted molar refractivity (Wildman–Crippen MR) is 70.5 cm³/mol. The molecule has 0 saturated carbocycles. The van der Waals surface area contributed by atoms with Crippen LogP contribution in [0.1, 0.15) is 18.7 Å². The predicted octanol–water partition coefficient (Wildman–Crippen LogP) is 2.10.